The Labute approximate surface area is 157 Å². The second-order valence-electron chi connectivity index (χ2n) is 6.02. The third-order valence-corrected chi connectivity index (χ3v) is 4.22. The highest BCUT2D eigenvalue weighted by molar-refractivity contribution is 6.04. The lowest BCUT2D eigenvalue weighted by Gasteiger charge is -2.10. The summed E-state index contributed by atoms with van der Waals surface area (Å²) in [4.78, 5) is 27.6. The van der Waals surface area contributed by atoms with Crippen LogP contribution in [0, 0.1) is 0 Å². The number of aryl methyl sites for hydroxylation is 1. The van der Waals surface area contributed by atoms with E-state index in [-0.39, 0.29) is 13.2 Å². The van der Waals surface area contributed by atoms with Crippen molar-refractivity contribution in [1.29, 1.82) is 0 Å². The molecule has 3 rings (SSSR count). The molecular formula is C21H22N2O4. The summed E-state index contributed by atoms with van der Waals surface area (Å²) in [7, 11) is 0. The summed E-state index contributed by atoms with van der Waals surface area (Å²) in [5.41, 5.74) is 3.56. The van der Waals surface area contributed by atoms with Crippen molar-refractivity contribution in [2.45, 2.75) is 26.9 Å². The molecule has 0 aliphatic carbocycles. The highest BCUT2D eigenvalue weighted by Gasteiger charge is 2.16. The molecule has 0 aliphatic rings. The summed E-state index contributed by atoms with van der Waals surface area (Å²) in [6.45, 7) is 4.23. The van der Waals surface area contributed by atoms with E-state index in [2.05, 4.69) is 10.3 Å². The van der Waals surface area contributed by atoms with Crippen LogP contribution >= 0.6 is 0 Å². The minimum atomic E-state index is -0.589. The molecule has 0 saturated heterocycles. The van der Waals surface area contributed by atoms with Gasteiger partial charge >= 0.3 is 12.1 Å². The molecule has 6 heteroatoms. The van der Waals surface area contributed by atoms with Crippen LogP contribution in [0.5, 0.6) is 0 Å². The molecule has 0 unspecified atom stereocenters. The number of rotatable bonds is 6. The first-order valence-electron chi connectivity index (χ1n) is 8.91. The van der Waals surface area contributed by atoms with Gasteiger partial charge in [0.15, 0.2) is 0 Å². The first-order chi connectivity index (χ1) is 13.1. The third-order valence-electron chi connectivity index (χ3n) is 4.22. The van der Waals surface area contributed by atoms with E-state index in [1.54, 1.807) is 19.1 Å². The Morgan fingerprint density at radius 1 is 1.07 bits per heavy atom. The number of amides is 1. The number of hydrogen-bond donors (Lipinski definition) is 2. The SMILES string of the molecule is CCOC(=O)c1cc(NC(=O)OCc2ccccc2)c2[nH]cc(CC)c2c1. The number of esters is 1. The second-order valence-corrected chi connectivity index (χ2v) is 6.02. The number of anilines is 1. The van der Waals surface area contributed by atoms with Crippen molar-refractivity contribution in [2.75, 3.05) is 11.9 Å². The van der Waals surface area contributed by atoms with Gasteiger partial charge in [-0.25, -0.2) is 9.59 Å². The molecule has 3 aromatic rings. The van der Waals surface area contributed by atoms with Crippen molar-refractivity contribution in [3.8, 4) is 0 Å². The molecule has 0 atom stereocenters. The molecule has 0 aliphatic heterocycles. The summed E-state index contributed by atoms with van der Waals surface area (Å²) < 4.78 is 10.4. The van der Waals surface area contributed by atoms with E-state index in [4.69, 9.17) is 9.47 Å². The predicted octanol–water partition coefficient (Wildman–Crippen LogP) is 4.66. The van der Waals surface area contributed by atoms with Crippen molar-refractivity contribution in [3.63, 3.8) is 0 Å². The number of hydrogen-bond acceptors (Lipinski definition) is 4. The first-order valence-corrected chi connectivity index (χ1v) is 8.91. The summed E-state index contributed by atoms with van der Waals surface area (Å²) >= 11 is 0. The zero-order chi connectivity index (χ0) is 19.2. The number of carbonyl (C=O) groups is 2. The normalized spacial score (nSPS) is 10.6. The zero-order valence-corrected chi connectivity index (χ0v) is 15.4. The molecule has 1 heterocycles. The molecule has 27 heavy (non-hydrogen) atoms. The van der Waals surface area contributed by atoms with Crippen LogP contribution in [0.15, 0.2) is 48.7 Å². The maximum atomic E-state index is 12.2. The maximum absolute atomic E-state index is 12.2. The van der Waals surface area contributed by atoms with Crippen molar-refractivity contribution in [2.24, 2.45) is 0 Å². The van der Waals surface area contributed by atoms with Gasteiger partial charge in [-0.3, -0.25) is 5.32 Å². The Morgan fingerprint density at radius 2 is 1.85 bits per heavy atom. The van der Waals surface area contributed by atoms with Gasteiger partial charge < -0.3 is 14.5 Å². The Kier molecular flexibility index (Phi) is 5.76. The van der Waals surface area contributed by atoms with E-state index in [0.29, 0.717) is 11.3 Å². The molecule has 2 N–H and O–H groups in total. The molecule has 2 aromatic carbocycles. The molecule has 1 aromatic heterocycles. The van der Waals surface area contributed by atoms with E-state index in [9.17, 15) is 9.59 Å². The molecule has 0 saturated carbocycles. The van der Waals surface area contributed by atoms with Crippen LogP contribution in [0.3, 0.4) is 0 Å². The largest absolute Gasteiger partial charge is 0.462 e. The average Bonchev–Trinajstić information content (AvgIpc) is 3.11. The number of nitrogens with one attached hydrogen (secondary N) is 2. The van der Waals surface area contributed by atoms with Crippen LogP contribution in [-0.4, -0.2) is 23.7 Å². The van der Waals surface area contributed by atoms with Gasteiger partial charge in [0.05, 0.1) is 23.4 Å². The Balaban J connectivity index is 1.84. The van der Waals surface area contributed by atoms with Crippen molar-refractivity contribution < 1.29 is 19.1 Å². The quantitative estimate of drug-likeness (QED) is 0.622. The lowest BCUT2D eigenvalue weighted by atomic mass is 10.1. The van der Waals surface area contributed by atoms with E-state index in [0.717, 1.165) is 28.5 Å². The average molecular weight is 366 g/mol. The van der Waals surface area contributed by atoms with Crippen LogP contribution < -0.4 is 5.32 Å². The number of benzene rings is 2. The summed E-state index contributed by atoms with van der Waals surface area (Å²) in [5.74, 6) is -0.427. The van der Waals surface area contributed by atoms with E-state index in [1.807, 2.05) is 43.5 Å². The van der Waals surface area contributed by atoms with Crippen molar-refractivity contribution in [3.05, 3.63) is 65.4 Å². The van der Waals surface area contributed by atoms with Crippen LogP contribution in [-0.2, 0) is 22.5 Å². The zero-order valence-electron chi connectivity index (χ0n) is 15.4. The maximum Gasteiger partial charge on any atom is 0.412 e. The van der Waals surface area contributed by atoms with Gasteiger partial charge in [0.2, 0.25) is 0 Å². The lowest BCUT2D eigenvalue weighted by molar-refractivity contribution is 0.0526. The number of aromatic nitrogens is 1. The molecule has 0 spiro atoms. The highest BCUT2D eigenvalue weighted by Crippen LogP contribution is 2.28. The fraction of sp³-hybridized carbons (Fsp3) is 0.238. The monoisotopic (exact) mass is 366 g/mol. The summed E-state index contributed by atoms with van der Waals surface area (Å²) in [6, 6.07) is 12.8. The summed E-state index contributed by atoms with van der Waals surface area (Å²) in [5, 5.41) is 3.61. The number of aromatic amines is 1. The Hall–Kier alpha value is -3.28. The molecule has 0 fully saturated rings. The smallest absolute Gasteiger partial charge is 0.412 e. The number of H-pyrrole nitrogens is 1. The predicted molar refractivity (Wildman–Crippen MR) is 104 cm³/mol. The minimum absolute atomic E-state index is 0.165. The third kappa shape index (κ3) is 4.28. The van der Waals surface area contributed by atoms with E-state index >= 15 is 0 Å². The van der Waals surface area contributed by atoms with Gasteiger partial charge in [-0.05, 0) is 36.6 Å². The Morgan fingerprint density at radius 3 is 2.56 bits per heavy atom. The van der Waals surface area contributed by atoms with Crippen LogP contribution in [0.2, 0.25) is 0 Å². The minimum Gasteiger partial charge on any atom is -0.462 e. The highest BCUT2D eigenvalue weighted by atomic mass is 16.5. The first kappa shape index (κ1) is 18.5. The molecule has 6 nitrogen and oxygen atoms in total. The number of fused-ring (bicyclic) bond motifs is 1. The standard InChI is InChI=1S/C21H22N2O4/c1-3-15-12-22-19-17(15)10-16(20(24)26-4-2)11-18(19)23-21(25)27-13-14-8-6-5-7-9-14/h5-12,22H,3-4,13H2,1-2H3,(H,23,25). The molecule has 140 valence electrons. The fourth-order valence-electron chi connectivity index (χ4n) is 2.88. The van der Waals surface area contributed by atoms with E-state index < -0.39 is 12.1 Å². The van der Waals surface area contributed by atoms with E-state index in [1.165, 1.54) is 0 Å². The van der Waals surface area contributed by atoms with Gasteiger partial charge in [-0.15, -0.1) is 0 Å². The Bertz CT molecular complexity index is 947. The van der Waals surface area contributed by atoms with Crippen LogP contribution in [0.25, 0.3) is 10.9 Å². The lowest BCUT2D eigenvalue weighted by Crippen LogP contribution is -2.14. The van der Waals surface area contributed by atoms with Crippen LogP contribution in [0.4, 0.5) is 10.5 Å². The van der Waals surface area contributed by atoms with Crippen molar-refractivity contribution >= 4 is 28.7 Å². The van der Waals surface area contributed by atoms with Crippen LogP contribution in [0.1, 0.15) is 35.3 Å². The number of carbonyl (C=O) groups excluding carboxylic acids is 2. The number of ether oxygens (including phenoxy) is 2. The van der Waals surface area contributed by atoms with Gasteiger partial charge in [0.1, 0.15) is 6.61 Å². The van der Waals surface area contributed by atoms with Gasteiger partial charge in [-0.1, -0.05) is 37.3 Å². The second kappa shape index (κ2) is 8.40. The molecular weight excluding hydrogens is 344 g/mol. The molecule has 0 radical (unpaired) electrons. The summed E-state index contributed by atoms with van der Waals surface area (Å²) in [6.07, 6.45) is 2.08. The van der Waals surface area contributed by atoms with Gasteiger partial charge in [-0.2, -0.15) is 0 Å². The van der Waals surface area contributed by atoms with Gasteiger partial charge in [0.25, 0.3) is 0 Å². The fourth-order valence-corrected chi connectivity index (χ4v) is 2.88. The van der Waals surface area contributed by atoms with Crippen molar-refractivity contribution in [1.82, 2.24) is 4.98 Å². The molecule has 0 bridgehead atoms. The topological polar surface area (TPSA) is 80.4 Å². The molecule has 1 amide bonds. The van der Waals surface area contributed by atoms with Gasteiger partial charge in [0, 0.05) is 11.6 Å².